The van der Waals surface area contributed by atoms with Gasteiger partial charge in [0.2, 0.25) is 0 Å². The maximum Gasteiger partial charge on any atom is 0.163 e. The predicted molar refractivity (Wildman–Crippen MR) is 85.6 cm³/mol. The molecule has 114 valence electrons. The molecule has 0 aromatic carbocycles. The molecule has 0 bridgehead atoms. The van der Waals surface area contributed by atoms with Crippen LogP contribution in [0, 0.1) is 0 Å². The van der Waals surface area contributed by atoms with E-state index in [2.05, 4.69) is 34.2 Å². The molecule has 1 aliphatic heterocycles. The number of thioether (sulfide) groups is 1. The Labute approximate surface area is 128 Å². The normalized spacial score (nSPS) is 22.0. The summed E-state index contributed by atoms with van der Waals surface area (Å²) in [6, 6.07) is 0. The van der Waals surface area contributed by atoms with Crippen LogP contribution in [0.3, 0.4) is 0 Å². The van der Waals surface area contributed by atoms with Crippen molar-refractivity contribution in [2.24, 2.45) is 7.05 Å². The quantitative estimate of drug-likeness (QED) is 0.913. The molecule has 3 rings (SSSR count). The van der Waals surface area contributed by atoms with Crippen molar-refractivity contribution in [1.29, 1.82) is 0 Å². The Balaban J connectivity index is 1.82. The molecule has 21 heavy (non-hydrogen) atoms. The van der Waals surface area contributed by atoms with Gasteiger partial charge in [-0.05, 0) is 20.3 Å². The fraction of sp³-hybridized carbons (Fsp3) is 0.643. The lowest BCUT2D eigenvalue weighted by molar-refractivity contribution is 0.127. The molecule has 1 aliphatic rings. The predicted octanol–water partition coefficient (Wildman–Crippen LogP) is 2.21. The average Bonchev–Trinajstić information content (AvgIpc) is 3.04. The highest BCUT2D eigenvalue weighted by molar-refractivity contribution is 7.99. The van der Waals surface area contributed by atoms with Gasteiger partial charge in [0, 0.05) is 25.4 Å². The summed E-state index contributed by atoms with van der Waals surface area (Å²) < 4.78 is 7.40. The van der Waals surface area contributed by atoms with Gasteiger partial charge < -0.3 is 10.1 Å². The van der Waals surface area contributed by atoms with Gasteiger partial charge in [-0.2, -0.15) is 5.10 Å². The van der Waals surface area contributed by atoms with E-state index in [0.29, 0.717) is 11.4 Å². The summed E-state index contributed by atoms with van der Waals surface area (Å²) in [6.07, 6.45) is 3.25. The molecule has 1 saturated heterocycles. The number of aryl methyl sites for hydroxylation is 1. The van der Waals surface area contributed by atoms with E-state index < -0.39 is 0 Å². The maximum atomic E-state index is 5.60. The van der Waals surface area contributed by atoms with Crippen LogP contribution in [0.1, 0.15) is 26.1 Å². The second-order valence-electron chi connectivity index (χ2n) is 5.24. The Hall–Kier alpha value is -1.34. The number of fused-ring (bicyclic) bond motifs is 1. The van der Waals surface area contributed by atoms with Crippen molar-refractivity contribution >= 4 is 28.6 Å². The number of rotatable bonds is 5. The van der Waals surface area contributed by atoms with Gasteiger partial charge in [-0.1, -0.05) is 0 Å². The van der Waals surface area contributed by atoms with Crippen LogP contribution < -0.4 is 5.32 Å². The number of nitrogens with one attached hydrogen (secondary N) is 1. The molecule has 7 heteroatoms. The Morgan fingerprint density at radius 3 is 3.05 bits per heavy atom. The molecule has 0 amide bonds. The Kier molecular flexibility index (Phi) is 4.30. The van der Waals surface area contributed by atoms with E-state index in [1.807, 2.05) is 25.0 Å². The molecule has 0 saturated carbocycles. The lowest BCUT2D eigenvalue weighted by Crippen LogP contribution is -2.14. The van der Waals surface area contributed by atoms with E-state index >= 15 is 0 Å². The summed E-state index contributed by atoms with van der Waals surface area (Å²) in [5, 5.41) is 9.10. The number of anilines is 1. The lowest BCUT2D eigenvalue weighted by atomic mass is 10.3. The van der Waals surface area contributed by atoms with Gasteiger partial charge in [0.1, 0.15) is 11.6 Å². The first kappa shape index (κ1) is 14.6. The molecular formula is C14H21N5OS. The van der Waals surface area contributed by atoms with Gasteiger partial charge in [-0.25, -0.2) is 9.97 Å². The monoisotopic (exact) mass is 307 g/mol. The molecule has 2 unspecified atom stereocenters. The molecule has 6 nitrogen and oxygen atoms in total. The Bertz CT molecular complexity index is 629. The van der Waals surface area contributed by atoms with Crippen molar-refractivity contribution in [3.63, 3.8) is 0 Å². The van der Waals surface area contributed by atoms with Crippen molar-refractivity contribution < 1.29 is 4.74 Å². The molecule has 2 aromatic heterocycles. The minimum Gasteiger partial charge on any atom is -0.377 e. The molecular weight excluding hydrogens is 286 g/mol. The van der Waals surface area contributed by atoms with Crippen molar-refractivity contribution in [3.05, 3.63) is 12.0 Å². The lowest BCUT2D eigenvalue weighted by Gasteiger charge is -2.13. The van der Waals surface area contributed by atoms with E-state index in [-0.39, 0.29) is 0 Å². The second-order valence-corrected chi connectivity index (χ2v) is 6.47. The van der Waals surface area contributed by atoms with Crippen LogP contribution >= 0.6 is 11.8 Å². The molecule has 3 heterocycles. The largest absolute Gasteiger partial charge is 0.377 e. The highest BCUT2D eigenvalue weighted by Crippen LogP contribution is 2.29. The first-order valence-corrected chi connectivity index (χ1v) is 8.39. The van der Waals surface area contributed by atoms with Crippen molar-refractivity contribution in [2.45, 2.75) is 37.4 Å². The van der Waals surface area contributed by atoms with E-state index in [1.54, 1.807) is 4.68 Å². The first-order valence-electron chi connectivity index (χ1n) is 7.34. The number of ether oxygens (including phenoxy) is 1. The smallest absolute Gasteiger partial charge is 0.163 e. The van der Waals surface area contributed by atoms with Crippen molar-refractivity contribution in [3.8, 4) is 0 Å². The van der Waals surface area contributed by atoms with Gasteiger partial charge in [-0.15, -0.1) is 11.8 Å². The molecule has 1 N–H and O–H groups in total. The number of aromatic nitrogens is 4. The number of nitrogens with zero attached hydrogens (tertiary/aromatic N) is 4. The minimum absolute atomic E-state index is 0.323. The summed E-state index contributed by atoms with van der Waals surface area (Å²) in [5.41, 5.74) is 0.882. The van der Waals surface area contributed by atoms with Crippen LogP contribution in [0.2, 0.25) is 0 Å². The van der Waals surface area contributed by atoms with Gasteiger partial charge in [0.05, 0.1) is 23.4 Å². The van der Waals surface area contributed by atoms with Crippen LogP contribution in [0.15, 0.2) is 6.20 Å². The summed E-state index contributed by atoms with van der Waals surface area (Å²) >= 11 is 1.88. The van der Waals surface area contributed by atoms with Crippen LogP contribution in [-0.4, -0.2) is 44.3 Å². The van der Waals surface area contributed by atoms with Crippen LogP contribution in [0.25, 0.3) is 11.0 Å². The van der Waals surface area contributed by atoms with Gasteiger partial charge in [0.25, 0.3) is 0 Å². The highest BCUT2D eigenvalue weighted by Gasteiger charge is 2.25. The third-order valence-electron chi connectivity index (χ3n) is 3.72. The fourth-order valence-corrected chi connectivity index (χ4v) is 3.65. The van der Waals surface area contributed by atoms with Crippen molar-refractivity contribution in [1.82, 2.24) is 19.7 Å². The molecule has 0 radical (unpaired) electrons. The fourth-order valence-electron chi connectivity index (χ4n) is 2.55. The zero-order valence-corrected chi connectivity index (χ0v) is 13.5. The van der Waals surface area contributed by atoms with Crippen LogP contribution in [0.5, 0.6) is 0 Å². The average molecular weight is 307 g/mol. The van der Waals surface area contributed by atoms with Crippen LogP contribution in [0.4, 0.5) is 5.82 Å². The summed E-state index contributed by atoms with van der Waals surface area (Å²) in [5.74, 6) is 2.53. The Morgan fingerprint density at radius 2 is 2.33 bits per heavy atom. The van der Waals surface area contributed by atoms with E-state index in [1.165, 1.54) is 0 Å². The topological polar surface area (TPSA) is 64.9 Å². The summed E-state index contributed by atoms with van der Waals surface area (Å²) in [6.45, 7) is 5.90. The van der Waals surface area contributed by atoms with Gasteiger partial charge in [0.15, 0.2) is 5.65 Å². The summed E-state index contributed by atoms with van der Waals surface area (Å²) in [7, 11) is 1.91. The zero-order valence-electron chi connectivity index (χ0n) is 12.7. The van der Waals surface area contributed by atoms with E-state index in [0.717, 1.165) is 48.0 Å². The molecule has 0 spiro atoms. The van der Waals surface area contributed by atoms with Crippen molar-refractivity contribution in [2.75, 3.05) is 18.5 Å². The third-order valence-corrected chi connectivity index (χ3v) is 5.19. The highest BCUT2D eigenvalue weighted by atomic mass is 32.2. The molecule has 0 aliphatic carbocycles. The second kappa shape index (κ2) is 6.19. The van der Waals surface area contributed by atoms with Gasteiger partial charge >= 0.3 is 0 Å². The SMILES string of the molecule is CCNc1nc(CSC2CCOC2C)nc2c1cnn2C. The standard InChI is InChI=1S/C14H21N5OS/c1-4-15-13-10-7-16-19(3)14(10)18-12(17-13)8-21-11-5-6-20-9(11)2/h7,9,11H,4-6,8H2,1-3H3,(H,15,17,18). The minimum atomic E-state index is 0.323. The van der Waals surface area contributed by atoms with E-state index in [9.17, 15) is 0 Å². The molecule has 2 aromatic rings. The van der Waals surface area contributed by atoms with Crippen LogP contribution in [-0.2, 0) is 17.5 Å². The molecule has 2 atom stereocenters. The first-order chi connectivity index (χ1) is 10.2. The number of hydrogen-bond donors (Lipinski definition) is 1. The third kappa shape index (κ3) is 2.98. The maximum absolute atomic E-state index is 5.60. The number of hydrogen-bond acceptors (Lipinski definition) is 6. The van der Waals surface area contributed by atoms with Gasteiger partial charge in [-0.3, -0.25) is 4.68 Å². The van der Waals surface area contributed by atoms with E-state index in [4.69, 9.17) is 4.74 Å². The zero-order chi connectivity index (χ0) is 14.8. The summed E-state index contributed by atoms with van der Waals surface area (Å²) in [4.78, 5) is 9.30. The molecule has 1 fully saturated rings. The Morgan fingerprint density at radius 1 is 1.48 bits per heavy atom.